The third-order valence-corrected chi connectivity index (χ3v) is 2.61. The fraction of sp³-hybridized carbons (Fsp3) is 0.222. The van der Waals surface area contributed by atoms with Crippen LogP contribution in [-0.2, 0) is 9.53 Å². The summed E-state index contributed by atoms with van der Waals surface area (Å²) in [5.41, 5.74) is 5.87. The molecule has 0 saturated carbocycles. The first-order valence-electron chi connectivity index (χ1n) is 3.88. The average Bonchev–Trinajstić information content (AvgIpc) is 2.16. The van der Waals surface area contributed by atoms with E-state index in [1.807, 2.05) is 0 Å². The van der Waals surface area contributed by atoms with Gasteiger partial charge in [-0.25, -0.2) is 4.39 Å². The van der Waals surface area contributed by atoms with Gasteiger partial charge in [0.2, 0.25) is 0 Å². The second kappa shape index (κ2) is 4.85. The molecule has 0 aliphatic heterocycles. The highest BCUT2D eigenvalue weighted by molar-refractivity contribution is 8.00. The lowest BCUT2D eigenvalue weighted by Crippen LogP contribution is -2.03. The number of benzene rings is 1. The lowest BCUT2D eigenvalue weighted by Gasteiger charge is -2.03. The highest BCUT2D eigenvalue weighted by Gasteiger charge is 2.05. The number of ether oxygens (including phenoxy) is 1. The fourth-order valence-corrected chi connectivity index (χ4v) is 1.63. The van der Waals surface area contributed by atoms with Crippen LogP contribution in [0.5, 0.6) is 0 Å². The molecule has 3 nitrogen and oxygen atoms in total. The molecule has 76 valence electrons. The molecule has 0 aliphatic carbocycles. The molecule has 1 aromatic carbocycles. The van der Waals surface area contributed by atoms with E-state index in [1.165, 1.54) is 37.1 Å². The Balaban J connectivity index is 2.63. The van der Waals surface area contributed by atoms with Gasteiger partial charge in [-0.2, -0.15) is 0 Å². The summed E-state index contributed by atoms with van der Waals surface area (Å²) in [5.74, 6) is -0.546. The van der Waals surface area contributed by atoms with Crippen molar-refractivity contribution in [1.29, 1.82) is 0 Å². The second-order valence-electron chi connectivity index (χ2n) is 2.55. The summed E-state index contributed by atoms with van der Waals surface area (Å²) in [6, 6.07) is 4.06. The predicted octanol–water partition coefficient (Wildman–Crippen LogP) is 1.67. The summed E-state index contributed by atoms with van der Waals surface area (Å²) >= 11 is 1.22. The molecular formula is C9H10FNO2S. The molecule has 0 amide bonds. The number of anilines is 1. The van der Waals surface area contributed by atoms with Crippen molar-refractivity contribution in [2.45, 2.75) is 4.90 Å². The van der Waals surface area contributed by atoms with Gasteiger partial charge in [-0.05, 0) is 18.2 Å². The molecule has 0 atom stereocenters. The van der Waals surface area contributed by atoms with Gasteiger partial charge in [-0.3, -0.25) is 4.79 Å². The van der Waals surface area contributed by atoms with Crippen LogP contribution in [0.4, 0.5) is 10.1 Å². The van der Waals surface area contributed by atoms with Gasteiger partial charge in [0.1, 0.15) is 5.82 Å². The van der Waals surface area contributed by atoms with Crippen molar-refractivity contribution >= 4 is 23.4 Å². The van der Waals surface area contributed by atoms with Gasteiger partial charge < -0.3 is 10.5 Å². The third-order valence-electron chi connectivity index (χ3n) is 1.55. The molecule has 0 heterocycles. The maximum atomic E-state index is 12.6. The number of carbonyl (C=O) groups is 1. The van der Waals surface area contributed by atoms with Crippen molar-refractivity contribution in [3.05, 3.63) is 24.0 Å². The van der Waals surface area contributed by atoms with Crippen LogP contribution in [0.2, 0.25) is 0 Å². The predicted molar refractivity (Wildman–Crippen MR) is 53.6 cm³/mol. The van der Waals surface area contributed by atoms with Crippen LogP contribution < -0.4 is 5.73 Å². The van der Waals surface area contributed by atoms with E-state index in [-0.39, 0.29) is 17.5 Å². The molecule has 0 aliphatic rings. The van der Waals surface area contributed by atoms with Gasteiger partial charge in [0.05, 0.1) is 12.9 Å². The first-order chi connectivity index (χ1) is 6.63. The summed E-state index contributed by atoms with van der Waals surface area (Å²) in [6.07, 6.45) is 0. The zero-order valence-electron chi connectivity index (χ0n) is 7.62. The SMILES string of the molecule is COC(=O)CSc1ccc(F)cc1N. The molecule has 1 rings (SSSR count). The largest absolute Gasteiger partial charge is 0.468 e. The maximum absolute atomic E-state index is 12.6. The van der Waals surface area contributed by atoms with Crippen molar-refractivity contribution in [3.63, 3.8) is 0 Å². The number of nitrogen functional groups attached to an aromatic ring is 1. The van der Waals surface area contributed by atoms with Crippen LogP contribution in [0.15, 0.2) is 23.1 Å². The number of rotatable bonds is 3. The van der Waals surface area contributed by atoms with E-state index >= 15 is 0 Å². The van der Waals surface area contributed by atoms with Crippen molar-refractivity contribution in [1.82, 2.24) is 0 Å². The van der Waals surface area contributed by atoms with Crippen LogP contribution in [0.3, 0.4) is 0 Å². The van der Waals surface area contributed by atoms with E-state index in [2.05, 4.69) is 4.74 Å². The molecule has 0 unspecified atom stereocenters. The lowest BCUT2D eigenvalue weighted by molar-refractivity contribution is -0.137. The molecule has 0 bridgehead atoms. The number of thioether (sulfide) groups is 1. The molecule has 5 heteroatoms. The number of nitrogens with two attached hydrogens (primary N) is 1. The van der Waals surface area contributed by atoms with Gasteiger partial charge in [0.25, 0.3) is 0 Å². The normalized spacial score (nSPS) is 9.86. The Labute approximate surface area is 85.4 Å². The molecule has 2 N–H and O–H groups in total. The second-order valence-corrected chi connectivity index (χ2v) is 3.56. The monoisotopic (exact) mass is 215 g/mol. The van der Waals surface area contributed by atoms with E-state index in [9.17, 15) is 9.18 Å². The number of methoxy groups -OCH3 is 1. The molecule has 0 radical (unpaired) electrons. The first kappa shape index (κ1) is 10.8. The minimum absolute atomic E-state index is 0.173. The molecule has 1 aromatic rings. The van der Waals surface area contributed by atoms with Crippen molar-refractivity contribution in [2.24, 2.45) is 0 Å². The quantitative estimate of drug-likeness (QED) is 0.473. The van der Waals surface area contributed by atoms with Crippen molar-refractivity contribution in [3.8, 4) is 0 Å². The van der Waals surface area contributed by atoms with Gasteiger partial charge in [0.15, 0.2) is 0 Å². The Morgan fingerprint density at radius 1 is 1.64 bits per heavy atom. The Morgan fingerprint density at radius 2 is 2.36 bits per heavy atom. The number of halogens is 1. The lowest BCUT2D eigenvalue weighted by atomic mass is 10.3. The van der Waals surface area contributed by atoms with E-state index in [0.29, 0.717) is 10.6 Å². The van der Waals surface area contributed by atoms with E-state index < -0.39 is 0 Å². The minimum Gasteiger partial charge on any atom is -0.468 e. The first-order valence-corrected chi connectivity index (χ1v) is 4.86. The van der Waals surface area contributed by atoms with E-state index in [0.717, 1.165) is 0 Å². The summed E-state index contributed by atoms with van der Waals surface area (Å²) in [5, 5.41) is 0. The zero-order chi connectivity index (χ0) is 10.6. The Hall–Kier alpha value is -1.23. The smallest absolute Gasteiger partial charge is 0.315 e. The molecule has 0 saturated heterocycles. The number of esters is 1. The average molecular weight is 215 g/mol. The number of hydrogen-bond donors (Lipinski definition) is 1. The van der Waals surface area contributed by atoms with Crippen LogP contribution in [-0.4, -0.2) is 18.8 Å². The standard InChI is InChI=1S/C9H10FNO2S/c1-13-9(12)5-14-8-3-2-6(10)4-7(8)11/h2-4H,5,11H2,1H3. The van der Waals surface area contributed by atoms with Crippen molar-refractivity contribution < 1.29 is 13.9 Å². The maximum Gasteiger partial charge on any atom is 0.315 e. The van der Waals surface area contributed by atoms with Gasteiger partial charge >= 0.3 is 5.97 Å². The van der Waals surface area contributed by atoms with Gasteiger partial charge in [0, 0.05) is 10.6 Å². The Bertz CT molecular complexity index is 344. The zero-order valence-corrected chi connectivity index (χ0v) is 8.44. The minimum atomic E-state index is -0.384. The molecule has 0 aromatic heterocycles. The Kier molecular flexibility index (Phi) is 3.76. The number of carbonyl (C=O) groups excluding carboxylic acids is 1. The van der Waals surface area contributed by atoms with Gasteiger partial charge in [-0.1, -0.05) is 0 Å². The number of hydrogen-bond acceptors (Lipinski definition) is 4. The van der Waals surface area contributed by atoms with E-state index in [4.69, 9.17) is 5.73 Å². The Morgan fingerprint density at radius 3 is 2.93 bits per heavy atom. The summed E-state index contributed by atoms with van der Waals surface area (Å²) < 4.78 is 17.1. The highest BCUT2D eigenvalue weighted by Crippen LogP contribution is 2.25. The summed E-state index contributed by atoms with van der Waals surface area (Å²) in [7, 11) is 1.32. The van der Waals surface area contributed by atoms with Crippen LogP contribution in [0.25, 0.3) is 0 Å². The van der Waals surface area contributed by atoms with Crippen LogP contribution in [0, 0.1) is 5.82 Å². The third kappa shape index (κ3) is 2.92. The molecule has 0 fully saturated rings. The van der Waals surface area contributed by atoms with Gasteiger partial charge in [-0.15, -0.1) is 11.8 Å². The topological polar surface area (TPSA) is 52.3 Å². The van der Waals surface area contributed by atoms with Crippen molar-refractivity contribution in [2.75, 3.05) is 18.6 Å². The molecular weight excluding hydrogens is 205 g/mol. The van der Waals surface area contributed by atoms with E-state index in [1.54, 1.807) is 0 Å². The fourth-order valence-electron chi connectivity index (χ4n) is 0.846. The molecule has 14 heavy (non-hydrogen) atoms. The summed E-state index contributed by atoms with van der Waals surface area (Å²) in [6.45, 7) is 0. The molecule has 0 spiro atoms. The van der Waals surface area contributed by atoms with Crippen LogP contribution >= 0.6 is 11.8 Å². The summed E-state index contributed by atoms with van der Waals surface area (Å²) in [4.78, 5) is 11.5. The van der Waals surface area contributed by atoms with Crippen LogP contribution in [0.1, 0.15) is 0 Å². The highest BCUT2D eigenvalue weighted by atomic mass is 32.2.